The van der Waals surface area contributed by atoms with Crippen LogP contribution in [0.25, 0.3) is 21.5 Å². The summed E-state index contributed by atoms with van der Waals surface area (Å²) in [6.45, 7) is 0. The molecule has 0 saturated heterocycles. The highest BCUT2D eigenvalue weighted by atomic mass is 79.9. The van der Waals surface area contributed by atoms with E-state index in [9.17, 15) is 18.0 Å². The SMILES string of the molecule is NC(=O)c1sc2nc(-c3ccc(Br)cc3)cc(C(F)(F)F)c2c1N. The minimum Gasteiger partial charge on any atom is -0.397 e. The number of nitrogens with two attached hydrogens (primary N) is 2. The van der Waals surface area contributed by atoms with Gasteiger partial charge in [0.05, 0.1) is 16.9 Å². The van der Waals surface area contributed by atoms with E-state index in [4.69, 9.17) is 11.5 Å². The van der Waals surface area contributed by atoms with Gasteiger partial charge >= 0.3 is 6.18 Å². The van der Waals surface area contributed by atoms with Crippen molar-refractivity contribution in [3.05, 3.63) is 45.2 Å². The third-order valence-corrected chi connectivity index (χ3v) is 5.01. The number of primary amides is 1. The molecule has 124 valence electrons. The molecule has 0 aliphatic carbocycles. The quantitative estimate of drug-likeness (QED) is 0.649. The summed E-state index contributed by atoms with van der Waals surface area (Å²) in [4.78, 5) is 15.5. The van der Waals surface area contributed by atoms with Gasteiger partial charge in [0.25, 0.3) is 5.91 Å². The number of thiophene rings is 1. The number of hydrogen-bond acceptors (Lipinski definition) is 4. The lowest BCUT2D eigenvalue weighted by Crippen LogP contribution is -2.11. The van der Waals surface area contributed by atoms with Gasteiger partial charge in [0, 0.05) is 15.4 Å². The Kier molecular flexibility index (Phi) is 4.00. The van der Waals surface area contributed by atoms with Crippen molar-refractivity contribution in [2.45, 2.75) is 6.18 Å². The molecule has 24 heavy (non-hydrogen) atoms. The zero-order valence-corrected chi connectivity index (χ0v) is 14.2. The number of alkyl halides is 3. The zero-order valence-electron chi connectivity index (χ0n) is 11.8. The first-order valence-electron chi connectivity index (χ1n) is 6.54. The third kappa shape index (κ3) is 2.84. The van der Waals surface area contributed by atoms with Crippen LogP contribution in [0.1, 0.15) is 15.2 Å². The highest BCUT2D eigenvalue weighted by Gasteiger charge is 2.36. The van der Waals surface area contributed by atoms with Crippen molar-refractivity contribution in [2.75, 3.05) is 5.73 Å². The Morgan fingerprint density at radius 3 is 2.38 bits per heavy atom. The number of anilines is 1. The third-order valence-electron chi connectivity index (χ3n) is 3.37. The fraction of sp³-hybridized carbons (Fsp3) is 0.0667. The molecule has 0 atom stereocenters. The second kappa shape index (κ2) is 5.75. The van der Waals surface area contributed by atoms with Gasteiger partial charge in [-0.25, -0.2) is 4.98 Å². The molecular formula is C15H9BrF3N3OS. The van der Waals surface area contributed by atoms with Gasteiger partial charge in [0.15, 0.2) is 0 Å². The van der Waals surface area contributed by atoms with Crippen molar-refractivity contribution in [3.63, 3.8) is 0 Å². The molecule has 0 aliphatic rings. The molecule has 0 spiro atoms. The second-order valence-corrected chi connectivity index (χ2v) is 6.86. The van der Waals surface area contributed by atoms with Crippen molar-refractivity contribution in [2.24, 2.45) is 5.73 Å². The van der Waals surface area contributed by atoms with Crippen LogP contribution in [0.4, 0.5) is 18.9 Å². The van der Waals surface area contributed by atoms with Crippen LogP contribution in [-0.2, 0) is 6.18 Å². The molecule has 2 heterocycles. The maximum atomic E-state index is 13.5. The Morgan fingerprint density at radius 2 is 1.83 bits per heavy atom. The average Bonchev–Trinajstić information content (AvgIpc) is 2.83. The predicted molar refractivity (Wildman–Crippen MR) is 90.7 cm³/mol. The molecule has 3 aromatic rings. The molecule has 3 rings (SSSR count). The van der Waals surface area contributed by atoms with Crippen molar-refractivity contribution >= 4 is 49.1 Å². The van der Waals surface area contributed by atoms with E-state index in [2.05, 4.69) is 20.9 Å². The van der Waals surface area contributed by atoms with E-state index >= 15 is 0 Å². The highest BCUT2D eigenvalue weighted by Crippen LogP contribution is 2.43. The summed E-state index contributed by atoms with van der Waals surface area (Å²) in [5.41, 5.74) is 10.3. The van der Waals surface area contributed by atoms with Gasteiger partial charge in [-0.15, -0.1) is 11.3 Å². The monoisotopic (exact) mass is 415 g/mol. The summed E-state index contributed by atoms with van der Waals surface area (Å²) in [6.07, 6.45) is -4.64. The number of halogens is 4. The van der Waals surface area contributed by atoms with Gasteiger partial charge in [0.2, 0.25) is 0 Å². The van der Waals surface area contributed by atoms with Crippen LogP contribution >= 0.6 is 27.3 Å². The maximum absolute atomic E-state index is 13.5. The summed E-state index contributed by atoms with van der Waals surface area (Å²) in [5, 5.41) is -0.290. The highest BCUT2D eigenvalue weighted by molar-refractivity contribution is 9.10. The summed E-state index contributed by atoms with van der Waals surface area (Å²) in [7, 11) is 0. The molecule has 4 N–H and O–H groups in total. The molecule has 9 heteroatoms. The summed E-state index contributed by atoms with van der Waals surface area (Å²) < 4.78 is 41.2. The lowest BCUT2D eigenvalue weighted by Gasteiger charge is -2.11. The number of hydrogen-bond donors (Lipinski definition) is 2. The molecular weight excluding hydrogens is 407 g/mol. The van der Waals surface area contributed by atoms with E-state index in [-0.39, 0.29) is 26.5 Å². The van der Waals surface area contributed by atoms with Crippen LogP contribution in [0, 0.1) is 0 Å². The van der Waals surface area contributed by atoms with Crippen LogP contribution in [-0.4, -0.2) is 10.9 Å². The van der Waals surface area contributed by atoms with Gasteiger partial charge < -0.3 is 11.5 Å². The van der Waals surface area contributed by atoms with E-state index in [0.717, 1.165) is 21.9 Å². The van der Waals surface area contributed by atoms with Crippen LogP contribution < -0.4 is 11.5 Å². The van der Waals surface area contributed by atoms with Gasteiger partial charge in [-0.1, -0.05) is 28.1 Å². The molecule has 0 saturated carbocycles. The molecule has 1 amide bonds. The Morgan fingerprint density at radius 1 is 1.21 bits per heavy atom. The summed E-state index contributed by atoms with van der Waals surface area (Å²) in [6, 6.07) is 7.62. The minimum absolute atomic E-state index is 0.0223. The number of carbonyl (C=O) groups is 1. The van der Waals surface area contributed by atoms with E-state index in [1.54, 1.807) is 24.3 Å². The maximum Gasteiger partial charge on any atom is 0.417 e. The van der Waals surface area contributed by atoms with Crippen molar-refractivity contribution in [1.29, 1.82) is 0 Å². The van der Waals surface area contributed by atoms with Crippen LogP contribution in [0.3, 0.4) is 0 Å². The Bertz CT molecular complexity index is 951. The molecule has 0 radical (unpaired) electrons. The first-order chi connectivity index (χ1) is 11.2. The van der Waals surface area contributed by atoms with E-state index in [1.807, 2.05) is 0 Å². The van der Waals surface area contributed by atoms with Crippen molar-refractivity contribution < 1.29 is 18.0 Å². The average molecular weight is 416 g/mol. The number of pyridine rings is 1. The van der Waals surface area contributed by atoms with Crippen molar-refractivity contribution in [3.8, 4) is 11.3 Å². The number of fused-ring (bicyclic) bond motifs is 1. The molecule has 2 aromatic heterocycles. The topological polar surface area (TPSA) is 82.0 Å². The number of nitrogen functional groups attached to an aromatic ring is 1. The van der Waals surface area contributed by atoms with Gasteiger partial charge in [-0.3, -0.25) is 4.79 Å². The Hall–Kier alpha value is -2.13. The fourth-order valence-corrected chi connectivity index (χ4v) is 3.53. The standard InChI is InChI=1S/C15H9BrF3N3OS/c16-7-3-1-6(2-4-7)9-5-8(15(17,18)19)10-11(20)12(13(21)23)24-14(10)22-9/h1-5H,20H2,(H2,21,23). The van der Waals surface area contributed by atoms with Crippen LogP contribution in [0.2, 0.25) is 0 Å². The fourth-order valence-electron chi connectivity index (χ4n) is 2.30. The number of nitrogens with zero attached hydrogens (tertiary/aromatic N) is 1. The lowest BCUT2D eigenvalue weighted by molar-refractivity contribution is -0.136. The van der Waals surface area contributed by atoms with E-state index < -0.39 is 17.6 Å². The first-order valence-corrected chi connectivity index (χ1v) is 8.15. The minimum atomic E-state index is -4.64. The van der Waals surface area contributed by atoms with Crippen molar-refractivity contribution in [1.82, 2.24) is 4.98 Å². The molecule has 0 aliphatic heterocycles. The number of aromatic nitrogens is 1. The van der Waals surface area contributed by atoms with Crippen LogP contribution in [0.15, 0.2) is 34.8 Å². The molecule has 0 bridgehead atoms. The molecule has 4 nitrogen and oxygen atoms in total. The van der Waals surface area contributed by atoms with E-state index in [0.29, 0.717) is 5.56 Å². The number of amides is 1. The first kappa shape index (κ1) is 16.7. The molecule has 1 aromatic carbocycles. The van der Waals surface area contributed by atoms with E-state index in [1.165, 1.54) is 0 Å². The normalized spacial score (nSPS) is 11.8. The zero-order chi connectivity index (χ0) is 17.6. The number of rotatable bonds is 2. The lowest BCUT2D eigenvalue weighted by atomic mass is 10.1. The second-order valence-electron chi connectivity index (χ2n) is 4.95. The molecule has 0 fully saturated rings. The number of carbonyl (C=O) groups excluding carboxylic acids is 1. The smallest absolute Gasteiger partial charge is 0.397 e. The predicted octanol–water partition coefficient (Wildman–Crippen LogP) is 4.43. The Labute approximate surface area is 146 Å². The summed E-state index contributed by atoms with van der Waals surface area (Å²) in [5.74, 6) is -0.881. The van der Waals surface area contributed by atoms with Gasteiger partial charge in [-0.05, 0) is 18.2 Å². The Balaban J connectivity index is 2.34. The van der Waals surface area contributed by atoms with Crippen LogP contribution in [0.5, 0.6) is 0 Å². The number of benzene rings is 1. The molecule has 0 unspecified atom stereocenters. The van der Waals surface area contributed by atoms with Gasteiger partial charge in [-0.2, -0.15) is 13.2 Å². The van der Waals surface area contributed by atoms with Gasteiger partial charge in [0.1, 0.15) is 9.71 Å². The summed E-state index contributed by atoms with van der Waals surface area (Å²) >= 11 is 4.02. The largest absolute Gasteiger partial charge is 0.417 e.